The lowest BCUT2D eigenvalue weighted by Crippen LogP contribution is -2.46. The number of urea groups is 1. The second-order valence-electron chi connectivity index (χ2n) is 7.25. The molecule has 0 aromatic heterocycles. The van der Waals surface area contributed by atoms with Crippen LogP contribution < -0.4 is 10.6 Å². The summed E-state index contributed by atoms with van der Waals surface area (Å²) >= 11 is 0. The summed E-state index contributed by atoms with van der Waals surface area (Å²) in [6.45, 7) is 1.38. The SMILES string of the molecule is O=C(NCc1ccc2c(c1)CCC2)N[C@H]1CCO[C@@H](C2CC2)C1. The van der Waals surface area contributed by atoms with Gasteiger partial charge in [0.1, 0.15) is 0 Å². The summed E-state index contributed by atoms with van der Waals surface area (Å²) in [4.78, 5) is 12.1. The summed E-state index contributed by atoms with van der Waals surface area (Å²) in [5.41, 5.74) is 4.14. The lowest BCUT2D eigenvalue weighted by molar-refractivity contribution is -0.00914. The Morgan fingerprint density at radius 1 is 1.17 bits per heavy atom. The smallest absolute Gasteiger partial charge is 0.315 e. The highest BCUT2D eigenvalue weighted by Gasteiger charge is 2.36. The van der Waals surface area contributed by atoms with Gasteiger partial charge in [0, 0.05) is 19.2 Å². The van der Waals surface area contributed by atoms with Gasteiger partial charge in [0.15, 0.2) is 0 Å². The molecule has 2 atom stereocenters. The molecule has 1 aliphatic heterocycles. The normalized spacial score (nSPS) is 26.6. The summed E-state index contributed by atoms with van der Waals surface area (Å²) in [5.74, 6) is 0.745. The fraction of sp³-hybridized carbons (Fsp3) is 0.632. The summed E-state index contributed by atoms with van der Waals surface area (Å²) < 4.78 is 5.81. The largest absolute Gasteiger partial charge is 0.378 e. The van der Waals surface area contributed by atoms with Crippen molar-refractivity contribution < 1.29 is 9.53 Å². The predicted octanol–water partition coefficient (Wildman–Crippen LogP) is 2.93. The van der Waals surface area contributed by atoms with Gasteiger partial charge in [-0.1, -0.05) is 18.2 Å². The molecule has 1 saturated carbocycles. The number of hydrogen-bond acceptors (Lipinski definition) is 2. The van der Waals surface area contributed by atoms with Gasteiger partial charge in [0.25, 0.3) is 0 Å². The molecule has 4 rings (SSSR count). The van der Waals surface area contributed by atoms with Crippen molar-refractivity contribution in [3.05, 3.63) is 34.9 Å². The minimum absolute atomic E-state index is 0.0491. The molecule has 1 aromatic carbocycles. The van der Waals surface area contributed by atoms with Crippen LogP contribution in [0.3, 0.4) is 0 Å². The van der Waals surface area contributed by atoms with E-state index < -0.39 is 0 Å². The van der Waals surface area contributed by atoms with E-state index in [0.717, 1.165) is 25.4 Å². The third-order valence-corrected chi connectivity index (χ3v) is 5.41. The number of rotatable bonds is 4. The van der Waals surface area contributed by atoms with Gasteiger partial charge < -0.3 is 15.4 Å². The molecule has 2 aliphatic carbocycles. The van der Waals surface area contributed by atoms with Crippen molar-refractivity contribution in [2.75, 3.05) is 6.61 Å². The van der Waals surface area contributed by atoms with Crippen molar-refractivity contribution in [3.63, 3.8) is 0 Å². The molecule has 2 amide bonds. The highest BCUT2D eigenvalue weighted by molar-refractivity contribution is 5.74. The summed E-state index contributed by atoms with van der Waals surface area (Å²) in [5, 5.41) is 6.13. The first-order chi connectivity index (χ1) is 11.3. The van der Waals surface area contributed by atoms with Crippen LogP contribution in [0.5, 0.6) is 0 Å². The van der Waals surface area contributed by atoms with Gasteiger partial charge in [-0.25, -0.2) is 4.79 Å². The maximum Gasteiger partial charge on any atom is 0.315 e. The van der Waals surface area contributed by atoms with E-state index >= 15 is 0 Å². The Hall–Kier alpha value is -1.55. The Morgan fingerprint density at radius 2 is 2.04 bits per heavy atom. The van der Waals surface area contributed by atoms with E-state index in [-0.39, 0.29) is 12.1 Å². The molecule has 1 aromatic rings. The van der Waals surface area contributed by atoms with Crippen LogP contribution in [0.4, 0.5) is 4.79 Å². The molecule has 1 heterocycles. The number of ether oxygens (including phenoxy) is 1. The third-order valence-electron chi connectivity index (χ3n) is 5.41. The molecule has 0 radical (unpaired) electrons. The summed E-state index contributed by atoms with van der Waals surface area (Å²) in [6.07, 6.45) is 8.50. The Balaban J connectivity index is 1.25. The fourth-order valence-corrected chi connectivity index (χ4v) is 3.91. The number of carbonyl (C=O) groups excluding carboxylic acids is 1. The number of carbonyl (C=O) groups is 1. The minimum atomic E-state index is -0.0491. The van der Waals surface area contributed by atoms with Crippen LogP contribution in [-0.2, 0) is 24.1 Å². The number of aryl methyl sites for hydroxylation is 2. The number of nitrogens with one attached hydrogen (secondary N) is 2. The highest BCUT2D eigenvalue weighted by Crippen LogP contribution is 2.38. The quantitative estimate of drug-likeness (QED) is 0.898. The van der Waals surface area contributed by atoms with Crippen molar-refractivity contribution >= 4 is 6.03 Å². The molecular formula is C19H26N2O2. The van der Waals surface area contributed by atoms with Gasteiger partial charge in [0.2, 0.25) is 0 Å². The van der Waals surface area contributed by atoms with E-state index in [1.165, 1.54) is 48.8 Å². The number of amides is 2. The average molecular weight is 314 g/mol. The first kappa shape index (κ1) is 15.0. The number of benzene rings is 1. The predicted molar refractivity (Wildman–Crippen MR) is 89.3 cm³/mol. The van der Waals surface area contributed by atoms with Crippen LogP contribution >= 0.6 is 0 Å². The lowest BCUT2D eigenvalue weighted by atomic mass is 10.0. The van der Waals surface area contributed by atoms with Crippen LogP contribution in [0.2, 0.25) is 0 Å². The van der Waals surface area contributed by atoms with Crippen LogP contribution in [0.25, 0.3) is 0 Å². The highest BCUT2D eigenvalue weighted by atomic mass is 16.5. The Morgan fingerprint density at radius 3 is 2.91 bits per heavy atom. The Labute approximate surface area is 138 Å². The van der Waals surface area contributed by atoms with Gasteiger partial charge in [-0.05, 0) is 67.6 Å². The lowest BCUT2D eigenvalue weighted by Gasteiger charge is -2.30. The molecule has 0 bridgehead atoms. The van der Waals surface area contributed by atoms with Crippen LogP contribution in [0, 0.1) is 5.92 Å². The fourth-order valence-electron chi connectivity index (χ4n) is 3.91. The van der Waals surface area contributed by atoms with E-state index in [1.54, 1.807) is 0 Å². The first-order valence-corrected chi connectivity index (χ1v) is 9.04. The zero-order valence-corrected chi connectivity index (χ0v) is 13.6. The van der Waals surface area contributed by atoms with Crippen LogP contribution in [0.15, 0.2) is 18.2 Å². The second-order valence-corrected chi connectivity index (χ2v) is 7.25. The van der Waals surface area contributed by atoms with E-state index in [1.807, 2.05) is 0 Å². The zero-order valence-electron chi connectivity index (χ0n) is 13.6. The number of fused-ring (bicyclic) bond motifs is 1. The second kappa shape index (κ2) is 6.52. The molecule has 1 saturated heterocycles. The van der Waals surface area contributed by atoms with E-state index in [4.69, 9.17) is 4.74 Å². The summed E-state index contributed by atoms with van der Waals surface area (Å²) in [7, 11) is 0. The van der Waals surface area contributed by atoms with Gasteiger partial charge in [-0.15, -0.1) is 0 Å². The molecule has 4 nitrogen and oxygen atoms in total. The van der Waals surface area contributed by atoms with Crippen molar-refractivity contribution in [3.8, 4) is 0 Å². The van der Waals surface area contributed by atoms with Crippen molar-refractivity contribution in [1.29, 1.82) is 0 Å². The third kappa shape index (κ3) is 3.69. The summed E-state index contributed by atoms with van der Waals surface area (Å²) in [6, 6.07) is 6.82. The molecule has 124 valence electrons. The van der Waals surface area contributed by atoms with Crippen molar-refractivity contribution in [2.45, 2.75) is 63.6 Å². The maximum atomic E-state index is 12.1. The molecule has 3 aliphatic rings. The molecule has 0 spiro atoms. The molecule has 2 N–H and O–H groups in total. The zero-order chi connectivity index (χ0) is 15.6. The average Bonchev–Trinajstić information content (AvgIpc) is 3.31. The topological polar surface area (TPSA) is 50.4 Å². The maximum absolute atomic E-state index is 12.1. The van der Waals surface area contributed by atoms with Gasteiger partial charge >= 0.3 is 6.03 Å². The van der Waals surface area contributed by atoms with Gasteiger partial charge in [-0.2, -0.15) is 0 Å². The van der Waals surface area contributed by atoms with Gasteiger partial charge in [0.05, 0.1) is 6.10 Å². The van der Waals surface area contributed by atoms with E-state index in [0.29, 0.717) is 12.6 Å². The van der Waals surface area contributed by atoms with Crippen molar-refractivity contribution in [1.82, 2.24) is 10.6 Å². The molecule has 2 fully saturated rings. The molecule has 4 heteroatoms. The van der Waals surface area contributed by atoms with Crippen LogP contribution in [-0.4, -0.2) is 24.8 Å². The monoisotopic (exact) mass is 314 g/mol. The molecular weight excluding hydrogens is 288 g/mol. The minimum Gasteiger partial charge on any atom is -0.378 e. The van der Waals surface area contributed by atoms with Crippen LogP contribution in [0.1, 0.15) is 48.8 Å². The van der Waals surface area contributed by atoms with Crippen molar-refractivity contribution in [2.24, 2.45) is 5.92 Å². The van der Waals surface area contributed by atoms with E-state index in [2.05, 4.69) is 28.8 Å². The standard InChI is InChI=1S/C19H26N2O2/c22-19(21-17-8-9-23-18(11-17)15-6-7-15)20-12-13-4-5-14-2-1-3-16(14)10-13/h4-5,10,15,17-18H,1-3,6-9,11-12H2,(H2,20,21,22)/t17-,18+/m0/s1. The Kier molecular flexibility index (Phi) is 4.25. The molecule has 0 unspecified atom stereocenters. The Bertz CT molecular complexity index is 583. The van der Waals surface area contributed by atoms with E-state index in [9.17, 15) is 4.79 Å². The molecule has 23 heavy (non-hydrogen) atoms. The number of hydrogen-bond donors (Lipinski definition) is 2. The first-order valence-electron chi connectivity index (χ1n) is 9.04. The van der Waals surface area contributed by atoms with Gasteiger partial charge in [-0.3, -0.25) is 0 Å².